The standard InChI is InChI=1S/C19H27N3O2/c1-15-6-8-16(9-7-15)13-20-18(23)17-5-4-12-22(14-17)19(24)21-10-2-3-11-21/h6-9,17H,2-5,10-14H2,1H3,(H,20,23)/t17-/m0/s1. The van der Waals surface area contributed by atoms with Crippen molar-refractivity contribution in [2.24, 2.45) is 5.92 Å². The Balaban J connectivity index is 1.51. The molecule has 24 heavy (non-hydrogen) atoms. The van der Waals surface area contributed by atoms with Crippen molar-refractivity contribution >= 4 is 11.9 Å². The second-order valence-electron chi connectivity index (χ2n) is 6.97. The molecule has 2 aliphatic heterocycles. The highest BCUT2D eigenvalue weighted by Crippen LogP contribution is 2.20. The molecule has 0 aliphatic carbocycles. The van der Waals surface area contributed by atoms with Crippen LogP contribution in [0.1, 0.15) is 36.8 Å². The second kappa shape index (κ2) is 7.69. The van der Waals surface area contributed by atoms with E-state index in [4.69, 9.17) is 0 Å². The molecule has 2 heterocycles. The fourth-order valence-electron chi connectivity index (χ4n) is 3.51. The zero-order valence-corrected chi connectivity index (χ0v) is 14.5. The summed E-state index contributed by atoms with van der Waals surface area (Å²) in [6.07, 6.45) is 3.96. The Morgan fingerprint density at radius 1 is 1.04 bits per heavy atom. The number of aryl methyl sites for hydroxylation is 1. The molecule has 0 radical (unpaired) electrons. The molecule has 1 atom stereocenters. The van der Waals surface area contributed by atoms with Gasteiger partial charge in [-0.2, -0.15) is 0 Å². The zero-order chi connectivity index (χ0) is 16.9. The van der Waals surface area contributed by atoms with Gasteiger partial charge in [-0.05, 0) is 38.2 Å². The zero-order valence-electron chi connectivity index (χ0n) is 14.5. The number of hydrogen-bond donors (Lipinski definition) is 1. The number of urea groups is 1. The Morgan fingerprint density at radius 2 is 1.71 bits per heavy atom. The minimum atomic E-state index is -0.0873. The molecular formula is C19H27N3O2. The average molecular weight is 329 g/mol. The van der Waals surface area contributed by atoms with Gasteiger partial charge in [-0.15, -0.1) is 0 Å². The molecule has 2 saturated heterocycles. The number of likely N-dealkylation sites (tertiary alicyclic amines) is 2. The number of amides is 3. The molecule has 1 aromatic rings. The molecule has 5 nitrogen and oxygen atoms in total. The Bertz CT molecular complexity index is 579. The summed E-state index contributed by atoms with van der Waals surface area (Å²) >= 11 is 0. The van der Waals surface area contributed by atoms with Gasteiger partial charge in [-0.25, -0.2) is 4.79 Å². The van der Waals surface area contributed by atoms with Crippen LogP contribution in [-0.2, 0) is 11.3 Å². The van der Waals surface area contributed by atoms with Gasteiger partial charge in [0.1, 0.15) is 0 Å². The summed E-state index contributed by atoms with van der Waals surface area (Å²) in [5.41, 5.74) is 2.32. The van der Waals surface area contributed by atoms with E-state index in [1.165, 1.54) is 5.56 Å². The van der Waals surface area contributed by atoms with E-state index in [1.807, 2.05) is 21.9 Å². The van der Waals surface area contributed by atoms with Crippen LogP contribution in [0.3, 0.4) is 0 Å². The summed E-state index contributed by atoms with van der Waals surface area (Å²) in [5.74, 6) is -0.0229. The highest BCUT2D eigenvalue weighted by Gasteiger charge is 2.31. The maximum absolute atomic E-state index is 12.5. The molecule has 130 valence electrons. The highest BCUT2D eigenvalue weighted by atomic mass is 16.2. The quantitative estimate of drug-likeness (QED) is 0.926. The van der Waals surface area contributed by atoms with Gasteiger partial charge < -0.3 is 15.1 Å². The van der Waals surface area contributed by atoms with Crippen molar-refractivity contribution in [1.82, 2.24) is 15.1 Å². The Labute approximate surface area is 144 Å². The third kappa shape index (κ3) is 4.08. The molecule has 0 spiro atoms. The summed E-state index contributed by atoms with van der Waals surface area (Å²) in [6, 6.07) is 8.31. The summed E-state index contributed by atoms with van der Waals surface area (Å²) in [7, 11) is 0. The molecule has 3 rings (SSSR count). The van der Waals surface area contributed by atoms with Crippen molar-refractivity contribution in [3.8, 4) is 0 Å². The van der Waals surface area contributed by atoms with Crippen molar-refractivity contribution in [3.63, 3.8) is 0 Å². The van der Waals surface area contributed by atoms with E-state index >= 15 is 0 Å². The van der Waals surface area contributed by atoms with Crippen molar-refractivity contribution in [2.45, 2.75) is 39.2 Å². The number of hydrogen-bond acceptors (Lipinski definition) is 2. The number of carbonyl (C=O) groups is 2. The maximum Gasteiger partial charge on any atom is 0.320 e. The lowest BCUT2D eigenvalue weighted by Gasteiger charge is -2.34. The smallest absolute Gasteiger partial charge is 0.320 e. The monoisotopic (exact) mass is 329 g/mol. The number of nitrogens with zero attached hydrogens (tertiary/aromatic N) is 2. The Hall–Kier alpha value is -2.04. The van der Waals surface area contributed by atoms with Crippen molar-refractivity contribution in [2.75, 3.05) is 26.2 Å². The van der Waals surface area contributed by atoms with Gasteiger partial charge in [-0.1, -0.05) is 29.8 Å². The van der Waals surface area contributed by atoms with E-state index in [2.05, 4.69) is 24.4 Å². The van der Waals surface area contributed by atoms with E-state index in [0.29, 0.717) is 13.1 Å². The third-order valence-electron chi connectivity index (χ3n) is 5.03. The lowest BCUT2D eigenvalue weighted by atomic mass is 9.97. The molecule has 0 bridgehead atoms. The molecule has 1 N–H and O–H groups in total. The molecule has 2 fully saturated rings. The molecule has 0 unspecified atom stereocenters. The third-order valence-corrected chi connectivity index (χ3v) is 5.03. The molecule has 0 saturated carbocycles. The van der Waals surface area contributed by atoms with Crippen molar-refractivity contribution in [3.05, 3.63) is 35.4 Å². The number of nitrogens with one attached hydrogen (secondary N) is 1. The lowest BCUT2D eigenvalue weighted by molar-refractivity contribution is -0.126. The van der Waals surface area contributed by atoms with E-state index in [1.54, 1.807) is 0 Å². The first-order chi connectivity index (χ1) is 11.6. The van der Waals surface area contributed by atoms with Gasteiger partial charge in [0.15, 0.2) is 0 Å². The molecule has 5 heteroatoms. The maximum atomic E-state index is 12.5. The van der Waals surface area contributed by atoms with Gasteiger partial charge in [-0.3, -0.25) is 4.79 Å². The summed E-state index contributed by atoms with van der Waals surface area (Å²) < 4.78 is 0. The van der Waals surface area contributed by atoms with Crippen LogP contribution in [0.2, 0.25) is 0 Å². The lowest BCUT2D eigenvalue weighted by Crippen LogP contribution is -2.49. The Morgan fingerprint density at radius 3 is 2.42 bits per heavy atom. The van der Waals surface area contributed by atoms with Crippen molar-refractivity contribution in [1.29, 1.82) is 0 Å². The fourth-order valence-corrected chi connectivity index (χ4v) is 3.51. The highest BCUT2D eigenvalue weighted by molar-refractivity contribution is 5.81. The molecular weight excluding hydrogens is 302 g/mol. The summed E-state index contributed by atoms with van der Waals surface area (Å²) in [4.78, 5) is 28.8. The minimum Gasteiger partial charge on any atom is -0.352 e. The molecule has 0 aromatic heterocycles. The number of piperidine rings is 1. The van der Waals surface area contributed by atoms with Crippen LogP contribution in [0.4, 0.5) is 4.79 Å². The minimum absolute atomic E-state index is 0.0643. The van der Waals surface area contributed by atoms with E-state index in [9.17, 15) is 9.59 Å². The van der Waals surface area contributed by atoms with E-state index in [-0.39, 0.29) is 17.9 Å². The molecule has 2 aliphatic rings. The fraction of sp³-hybridized carbons (Fsp3) is 0.579. The van der Waals surface area contributed by atoms with Crippen LogP contribution >= 0.6 is 0 Å². The number of carbonyl (C=O) groups excluding carboxylic acids is 2. The summed E-state index contributed by atoms with van der Waals surface area (Å²) in [5, 5.41) is 3.03. The van der Waals surface area contributed by atoms with Crippen LogP contribution in [0.15, 0.2) is 24.3 Å². The largest absolute Gasteiger partial charge is 0.352 e. The first kappa shape index (κ1) is 16.8. The van der Waals surface area contributed by atoms with Crippen LogP contribution in [0, 0.1) is 12.8 Å². The van der Waals surface area contributed by atoms with Crippen LogP contribution in [0.5, 0.6) is 0 Å². The van der Waals surface area contributed by atoms with Gasteiger partial charge >= 0.3 is 6.03 Å². The summed E-state index contributed by atoms with van der Waals surface area (Å²) in [6.45, 7) is 5.65. The number of benzene rings is 1. The van der Waals surface area contributed by atoms with Crippen LogP contribution in [-0.4, -0.2) is 47.9 Å². The second-order valence-corrected chi connectivity index (χ2v) is 6.97. The van der Waals surface area contributed by atoms with Crippen LogP contribution in [0.25, 0.3) is 0 Å². The topological polar surface area (TPSA) is 52.7 Å². The normalized spacial score (nSPS) is 21.0. The first-order valence-electron chi connectivity index (χ1n) is 9.00. The van der Waals surface area contributed by atoms with E-state index in [0.717, 1.165) is 50.9 Å². The van der Waals surface area contributed by atoms with E-state index < -0.39 is 0 Å². The van der Waals surface area contributed by atoms with Gasteiger partial charge in [0.05, 0.1) is 5.92 Å². The average Bonchev–Trinajstić information content (AvgIpc) is 3.15. The van der Waals surface area contributed by atoms with Gasteiger partial charge in [0, 0.05) is 32.7 Å². The van der Waals surface area contributed by atoms with Crippen molar-refractivity contribution < 1.29 is 9.59 Å². The number of rotatable bonds is 3. The predicted molar refractivity (Wildman–Crippen MR) is 93.5 cm³/mol. The molecule has 3 amide bonds. The SMILES string of the molecule is Cc1ccc(CNC(=O)[C@H]2CCCN(C(=O)N3CCCC3)C2)cc1. The van der Waals surface area contributed by atoms with Gasteiger partial charge in [0.2, 0.25) is 5.91 Å². The Kier molecular flexibility index (Phi) is 5.38. The first-order valence-corrected chi connectivity index (χ1v) is 9.00. The van der Waals surface area contributed by atoms with Gasteiger partial charge in [0.25, 0.3) is 0 Å². The molecule has 1 aromatic carbocycles. The van der Waals surface area contributed by atoms with Crippen LogP contribution < -0.4 is 5.32 Å². The predicted octanol–water partition coefficient (Wildman–Crippen LogP) is 2.54.